The molecule has 0 aromatic rings. The Kier molecular flexibility index (Phi) is 4.71. The molecule has 1 heteroatoms. The number of hydrogen-bond donors (Lipinski definition) is 1. The van der Waals surface area contributed by atoms with Gasteiger partial charge in [-0.05, 0) is 31.6 Å². The SMILES string of the molecule is CC(C)C[C@H](C)C[C@@H](C)O. The first kappa shape index (κ1) is 9.96. The molecule has 62 valence electrons. The predicted octanol–water partition coefficient (Wildman–Crippen LogP) is 2.44. The van der Waals surface area contributed by atoms with E-state index in [4.69, 9.17) is 5.11 Å². The average molecular weight is 144 g/mol. The first-order valence-corrected chi connectivity index (χ1v) is 4.20. The molecule has 0 saturated carbocycles. The molecular formula is C9H20O. The number of aliphatic hydroxyl groups is 1. The van der Waals surface area contributed by atoms with Crippen LogP contribution >= 0.6 is 0 Å². The molecule has 1 nitrogen and oxygen atoms in total. The molecule has 2 atom stereocenters. The molecule has 0 aliphatic rings. The van der Waals surface area contributed by atoms with Crippen molar-refractivity contribution in [2.24, 2.45) is 11.8 Å². The van der Waals surface area contributed by atoms with Crippen molar-refractivity contribution >= 4 is 0 Å². The molecule has 10 heavy (non-hydrogen) atoms. The maximum atomic E-state index is 9.04. The highest BCUT2D eigenvalue weighted by Crippen LogP contribution is 2.15. The van der Waals surface area contributed by atoms with E-state index in [1.54, 1.807) is 0 Å². The third-order valence-corrected chi connectivity index (χ3v) is 1.62. The predicted molar refractivity (Wildman–Crippen MR) is 44.9 cm³/mol. The van der Waals surface area contributed by atoms with E-state index in [0.29, 0.717) is 5.92 Å². The van der Waals surface area contributed by atoms with Gasteiger partial charge >= 0.3 is 0 Å². The van der Waals surface area contributed by atoms with Crippen LogP contribution < -0.4 is 0 Å². The van der Waals surface area contributed by atoms with Crippen LogP contribution in [0.25, 0.3) is 0 Å². The summed E-state index contributed by atoms with van der Waals surface area (Å²) >= 11 is 0. The maximum Gasteiger partial charge on any atom is 0.0514 e. The molecule has 1 N–H and O–H groups in total. The van der Waals surface area contributed by atoms with Crippen LogP contribution in [-0.2, 0) is 0 Å². The molecule has 0 aliphatic heterocycles. The standard InChI is InChI=1S/C9H20O/c1-7(2)5-8(3)6-9(4)10/h7-10H,5-6H2,1-4H3/t8-,9+/m0/s1. The van der Waals surface area contributed by atoms with E-state index < -0.39 is 0 Å². The second kappa shape index (κ2) is 4.73. The lowest BCUT2D eigenvalue weighted by atomic mass is 9.94. The highest BCUT2D eigenvalue weighted by molar-refractivity contribution is 4.59. The van der Waals surface area contributed by atoms with Crippen LogP contribution in [-0.4, -0.2) is 11.2 Å². The molecule has 0 rings (SSSR count). The monoisotopic (exact) mass is 144 g/mol. The van der Waals surface area contributed by atoms with Crippen LogP contribution in [0.3, 0.4) is 0 Å². The molecule has 0 fully saturated rings. The summed E-state index contributed by atoms with van der Waals surface area (Å²) in [6, 6.07) is 0. The van der Waals surface area contributed by atoms with Crippen LogP contribution in [0.2, 0.25) is 0 Å². The van der Waals surface area contributed by atoms with Gasteiger partial charge in [-0.15, -0.1) is 0 Å². The van der Waals surface area contributed by atoms with Crippen molar-refractivity contribution in [3.63, 3.8) is 0 Å². The van der Waals surface area contributed by atoms with Gasteiger partial charge in [0, 0.05) is 0 Å². The third-order valence-electron chi connectivity index (χ3n) is 1.62. The molecule has 0 aliphatic carbocycles. The van der Waals surface area contributed by atoms with E-state index in [1.165, 1.54) is 6.42 Å². The lowest BCUT2D eigenvalue weighted by molar-refractivity contribution is 0.158. The fourth-order valence-electron chi connectivity index (χ4n) is 1.48. The van der Waals surface area contributed by atoms with E-state index in [9.17, 15) is 0 Å². The van der Waals surface area contributed by atoms with Gasteiger partial charge in [-0.25, -0.2) is 0 Å². The largest absolute Gasteiger partial charge is 0.393 e. The van der Waals surface area contributed by atoms with E-state index >= 15 is 0 Å². The van der Waals surface area contributed by atoms with Crippen molar-refractivity contribution in [2.45, 2.75) is 46.6 Å². The van der Waals surface area contributed by atoms with Gasteiger partial charge in [0.25, 0.3) is 0 Å². The average Bonchev–Trinajstić information content (AvgIpc) is 1.58. The Labute approximate surface area is 64.5 Å². The molecular weight excluding hydrogens is 124 g/mol. The fourth-order valence-corrected chi connectivity index (χ4v) is 1.48. The van der Waals surface area contributed by atoms with Gasteiger partial charge < -0.3 is 5.11 Å². The quantitative estimate of drug-likeness (QED) is 0.642. The lowest BCUT2D eigenvalue weighted by Crippen LogP contribution is -2.08. The van der Waals surface area contributed by atoms with E-state index in [0.717, 1.165) is 12.3 Å². The van der Waals surface area contributed by atoms with Gasteiger partial charge in [0.15, 0.2) is 0 Å². The molecule has 0 aromatic carbocycles. The fraction of sp³-hybridized carbons (Fsp3) is 1.00. The third kappa shape index (κ3) is 6.09. The second-order valence-corrected chi connectivity index (χ2v) is 3.82. The van der Waals surface area contributed by atoms with Crippen LogP contribution in [0.15, 0.2) is 0 Å². The highest BCUT2D eigenvalue weighted by atomic mass is 16.3. The first-order chi connectivity index (χ1) is 4.52. The Morgan fingerprint density at radius 3 is 1.80 bits per heavy atom. The van der Waals surface area contributed by atoms with E-state index in [1.807, 2.05) is 6.92 Å². The zero-order valence-corrected chi connectivity index (χ0v) is 7.59. The van der Waals surface area contributed by atoms with E-state index in [2.05, 4.69) is 20.8 Å². The minimum absolute atomic E-state index is 0.131. The molecule has 0 bridgehead atoms. The van der Waals surface area contributed by atoms with Crippen molar-refractivity contribution in [1.29, 1.82) is 0 Å². The van der Waals surface area contributed by atoms with Crippen molar-refractivity contribution in [3.8, 4) is 0 Å². The van der Waals surface area contributed by atoms with Crippen molar-refractivity contribution in [3.05, 3.63) is 0 Å². The summed E-state index contributed by atoms with van der Waals surface area (Å²) in [5.74, 6) is 1.42. The summed E-state index contributed by atoms with van der Waals surface area (Å²) in [4.78, 5) is 0. The van der Waals surface area contributed by atoms with Gasteiger partial charge in [0.1, 0.15) is 0 Å². The molecule has 0 heterocycles. The van der Waals surface area contributed by atoms with Crippen LogP contribution in [0, 0.1) is 11.8 Å². The molecule has 0 unspecified atom stereocenters. The summed E-state index contributed by atoms with van der Waals surface area (Å²) in [7, 11) is 0. The Morgan fingerprint density at radius 2 is 1.50 bits per heavy atom. The van der Waals surface area contributed by atoms with Gasteiger partial charge in [-0.3, -0.25) is 0 Å². The highest BCUT2D eigenvalue weighted by Gasteiger charge is 2.07. The Morgan fingerprint density at radius 1 is 1.00 bits per heavy atom. The van der Waals surface area contributed by atoms with Gasteiger partial charge in [0.05, 0.1) is 6.10 Å². The molecule has 0 aromatic heterocycles. The maximum absolute atomic E-state index is 9.04. The molecule has 0 amide bonds. The minimum atomic E-state index is -0.131. The van der Waals surface area contributed by atoms with Crippen LogP contribution in [0.5, 0.6) is 0 Å². The molecule has 0 spiro atoms. The summed E-state index contributed by atoms with van der Waals surface area (Å²) in [5.41, 5.74) is 0. The number of hydrogen-bond acceptors (Lipinski definition) is 1. The van der Waals surface area contributed by atoms with Crippen LogP contribution in [0.4, 0.5) is 0 Å². The summed E-state index contributed by atoms with van der Waals surface area (Å²) < 4.78 is 0. The first-order valence-electron chi connectivity index (χ1n) is 4.20. The van der Waals surface area contributed by atoms with Crippen molar-refractivity contribution < 1.29 is 5.11 Å². The van der Waals surface area contributed by atoms with Crippen molar-refractivity contribution in [2.75, 3.05) is 0 Å². The second-order valence-electron chi connectivity index (χ2n) is 3.82. The van der Waals surface area contributed by atoms with Gasteiger partial charge in [-0.1, -0.05) is 20.8 Å². The minimum Gasteiger partial charge on any atom is -0.393 e. The smallest absolute Gasteiger partial charge is 0.0514 e. The Bertz CT molecular complexity index is 66.8. The number of rotatable bonds is 4. The van der Waals surface area contributed by atoms with Crippen molar-refractivity contribution in [1.82, 2.24) is 0 Å². The summed E-state index contributed by atoms with van der Waals surface area (Å²) in [6.07, 6.45) is 2.04. The van der Waals surface area contributed by atoms with Gasteiger partial charge in [0.2, 0.25) is 0 Å². The zero-order chi connectivity index (χ0) is 8.15. The zero-order valence-electron chi connectivity index (χ0n) is 7.59. The Hall–Kier alpha value is -0.0400. The molecule has 0 radical (unpaired) electrons. The number of aliphatic hydroxyl groups excluding tert-OH is 1. The Balaban J connectivity index is 3.34. The summed E-state index contributed by atoms with van der Waals surface area (Å²) in [6.45, 7) is 8.50. The topological polar surface area (TPSA) is 20.2 Å². The van der Waals surface area contributed by atoms with E-state index in [-0.39, 0.29) is 6.10 Å². The molecule has 0 saturated heterocycles. The lowest BCUT2D eigenvalue weighted by Gasteiger charge is -2.14. The van der Waals surface area contributed by atoms with Gasteiger partial charge in [-0.2, -0.15) is 0 Å². The summed E-state index contributed by atoms with van der Waals surface area (Å²) in [5, 5.41) is 9.04. The normalized spacial score (nSPS) is 17.4. The van der Waals surface area contributed by atoms with Crippen LogP contribution in [0.1, 0.15) is 40.5 Å².